The van der Waals surface area contributed by atoms with Gasteiger partial charge in [0.1, 0.15) is 6.26 Å². The highest BCUT2D eigenvalue weighted by Crippen LogP contribution is 2.31. The molecule has 0 amide bonds. The Hall–Kier alpha value is -1.97. The van der Waals surface area contributed by atoms with Gasteiger partial charge in [0.05, 0.1) is 16.8 Å². The van der Waals surface area contributed by atoms with Gasteiger partial charge in [-0.15, -0.1) is 0 Å². The monoisotopic (exact) mass is 293 g/mol. The Morgan fingerprint density at radius 2 is 2.05 bits per heavy atom. The molecule has 0 radical (unpaired) electrons. The average Bonchev–Trinajstić information content (AvgIpc) is 2.83. The molecular formula is C15H19NO3S. The third-order valence-corrected chi connectivity index (χ3v) is 5.57. The van der Waals surface area contributed by atoms with Crippen molar-refractivity contribution in [2.24, 2.45) is 0 Å². The molecule has 1 aromatic carbocycles. The van der Waals surface area contributed by atoms with Crippen molar-refractivity contribution in [1.29, 1.82) is 0 Å². The number of aromatic nitrogens is 1. The van der Waals surface area contributed by atoms with Gasteiger partial charge in [0.15, 0.2) is 9.84 Å². The van der Waals surface area contributed by atoms with E-state index in [-0.39, 0.29) is 1.43 Å². The molecule has 1 heterocycles. The van der Waals surface area contributed by atoms with Crippen LogP contribution in [0.3, 0.4) is 0 Å². The fraction of sp³-hybridized carbons (Fsp3) is 0.267. The molecule has 0 aliphatic rings. The highest BCUT2D eigenvalue weighted by atomic mass is 32.2. The van der Waals surface area contributed by atoms with Gasteiger partial charge in [-0.3, -0.25) is 0 Å². The lowest BCUT2D eigenvalue weighted by atomic mass is 10.2. The van der Waals surface area contributed by atoms with E-state index in [1.807, 2.05) is 18.2 Å². The van der Waals surface area contributed by atoms with Crippen molar-refractivity contribution in [1.82, 2.24) is 4.98 Å². The molecule has 108 valence electrons. The lowest BCUT2D eigenvalue weighted by Gasteiger charge is -2.19. The molecule has 0 saturated heterocycles. The lowest BCUT2D eigenvalue weighted by molar-refractivity contribution is 0.339. The van der Waals surface area contributed by atoms with E-state index in [4.69, 9.17) is 4.74 Å². The summed E-state index contributed by atoms with van der Waals surface area (Å²) in [6.45, 7) is 3.28. The summed E-state index contributed by atoms with van der Waals surface area (Å²) in [5, 5.41) is 0.699. The molecule has 0 fully saturated rings. The number of rotatable bonds is 4. The van der Waals surface area contributed by atoms with Crippen LogP contribution in [0.5, 0.6) is 0 Å². The Labute approximate surface area is 120 Å². The molecule has 0 aliphatic carbocycles. The zero-order chi connectivity index (χ0) is 14.8. The van der Waals surface area contributed by atoms with Crippen molar-refractivity contribution in [3.05, 3.63) is 48.5 Å². The number of para-hydroxylation sites is 1. The molecule has 0 bridgehead atoms. The van der Waals surface area contributed by atoms with E-state index in [0.717, 1.165) is 5.52 Å². The van der Waals surface area contributed by atoms with E-state index in [2.05, 4.69) is 10.7 Å². The van der Waals surface area contributed by atoms with Crippen LogP contribution < -0.4 is 0 Å². The summed E-state index contributed by atoms with van der Waals surface area (Å²) in [5.41, 5.74) is 3.53. The molecule has 2 aromatic rings. The molecule has 0 spiro atoms. The first-order chi connectivity index (χ1) is 9.40. The van der Waals surface area contributed by atoms with Crippen LogP contribution in [0.1, 0.15) is 15.3 Å². The second-order valence-corrected chi connectivity index (χ2v) is 7.47. The number of benzene rings is 1. The second kappa shape index (κ2) is 5.19. The minimum absolute atomic E-state index is 0. The van der Waals surface area contributed by atoms with Crippen LogP contribution in [0.25, 0.3) is 10.9 Å². The van der Waals surface area contributed by atoms with Crippen LogP contribution in [0.15, 0.2) is 53.4 Å². The second-order valence-electron chi connectivity index (χ2n) is 4.97. The van der Waals surface area contributed by atoms with E-state index in [9.17, 15) is 8.42 Å². The summed E-state index contributed by atoms with van der Waals surface area (Å²) < 4.78 is 29.2. The first-order valence-electron chi connectivity index (χ1n) is 6.16. The number of fused-ring (bicyclic) bond motifs is 1. The molecule has 0 saturated carbocycles. The predicted molar refractivity (Wildman–Crippen MR) is 81.3 cm³/mol. The van der Waals surface area contributed by atoms with Gasteiger partial charge in [0, 0.05) is 18.5 Å². The SMILES string of the molecule is COC=C=CC(C)(C)S(=O)(=O)c1c[nH]c2ccccc12.[HH]. The molecule has 5 heteroatoms. The maximum absolute atomic E-state index is 12.8. The summed E-state index contributed by atoms with van der Waals surface area (Å²) in [7, 11) is -2.04. The highest BCUT2D eigenvalue weighted by Gasteiger charge is 2.35. The molecule has 1 aromatic heterocycles. The minimum Gasteiger partial charge on any atom is -0.496 e. The Balaban J connectivity index is 0.00000220. The van der Waals surface area contributed by atoms with Crippen LogP contribution in [0, 0.1) is 0 Å². The number of methoxy groups -OCH3 is 1. The smallest absolute Gasteiger partial charge is 0.189 e. The Kier molecular flexibility index (Phi) is 3.75. The number of hydrogen-bond acceptors (Lipinski definition) is 3. The van der Waals surface area contributed by atoms with E-state index in [0.29, 0.717) is 10.3 Å². The van der Waals surface area contributed by atoms with E-state index in [1.54, 1.807) is 19.9 Å². The van der Waals surface area contributed by atoms with Gasteiger partial charge in [0.25, 0.3) is 0 Å². The Morgan fingerprint density at radius 1 is 1.35 bits per heavy atom. The molecule has 0 atom stereocenters. The molecule has 2 rings (SSSR count). The average molecular weight is 293 g/mol. The summed E-state index contributed by atoms with van der Waals surface area (Å²) in [4.78, 5) is 3.29. The fourth-order valence-corrected chi connectivity index (χ4v) is 3.40. The van der Waals surface area contributed by atoms with Crippen LogP contribution in [0.2, 0.25) is 0 Å². The van der Waals surface area contributed by atoms with Crippen LogP contribution in [0.4, 0.5) is 0 Å². The Morgan fingerprint density at radius 3 is 2.75 bits per heavy atom. The minimum atomic E-state index is -3.53. The van der Waals surface area contributed by atoms with Crippen molar-refractivity contribution < 1.29 is 14.6 Å². The highest BCUT2D eigenvalue weighted by molar-refractivity contribution is 7.93. The molecular weight excluding hydrogens is 274 g/mol. The third-order valence-electron chi connectivity index (χ3n) is 3.15. The summed E-state index contributed by atoms with van der Waals surface area (Å²) in [5.74, 6) is 0. The first-order valence-corrected chi connectivity index (χ1v) is 7.64. The summed E-state index contributed by atoms with van der Waals surface area (Å²) in [6.07, 6.45) is 4.36. The van der Waals surface area contributed by atoms with E-state index < -0.39 is 14.6 Å². The fourth-order valence-electron chi connectivity index (χ4n) is 1.93. The topological polar surface area (TPSA) is 59.2 Å². The van der Waals surface area contributed by atoms with Gasteiger partial charge in [-0.1, -0.05) is 23.9 Å². The van der Waals surface area contributed by atoms with Gasteiger partial charge < -0.3 is 9.72 Å². The largest absolute Gasteiger partial charge is 0.496 e. The maximum Gasteiger partial charge on any atom is 0.189 e. The Bertz CT molecular complexity index is 784. The molecule has 20 heavy (non-hydrogen) atoms. The zero-order valence-electron chi connectivity index (χ0n) is 11.7. The quantitative estimate of drug-likeness (QED) is 0.695. The van der Waals surface area contributed by atoms with E-state index >= 15 is 0 Å². The van der Waals surface area contributed by atoms with E-state index in [1.165, 1.54) is 25.6 Å². The number of sulfone groups is 1. The van der Waals surface area contributed by atoms with Gasteiger partial charge in [-0.25, -0.2) is 8.42 Å². The number of aromatic amines is 1. The van der Waals surface area contributed by atoms with Crippen molar-refractivity contribution in [3.63, 3.8) is 0 Å². The molecule has 4 nitrogen and oxygen atoms in total. The molecule has 0 aliphatic heterocycles. The van der Waals surface area contributed by atoms with Crippen molar-refractivity contribution >= 4 is 20.7 Å². The van der Waals surface area contributed by atoms with Gasteiger partial charge >= 0.3 is 0 Å². The van der Waals surface area contributed by atoms with Crippen LogP contribution in [-0.2, 0) is 14.6 Å². The van der Waals surface area contributed by atoms with Crippen LogP contribution in [-0.4, -0.2) is 25.3 Å². The van der Waals surface area contributed by atoms with Crippen molar-refractivity contribution in [3.8, 4) is 0 Å². The van der Waals surface area contributed by atoms with Gasteiger partial charge in [-0.2, -0.15) is 0 Å². The standard InChI is InChI=1S/C15H17NO3S.H2/c1-15(2,9-6-10-19-3)20(17,18)14-11-16-13-8-5-4-7-12(13)14;/h4-5,7-11,16H,1-3H3;1H. The van der Waals surface area contributed by atoms with Crippen molar-refractivity contribution in [2.45, 2.75) is 23.5 Å². The number of ether oxygens (including phenoxy) is 1. The predicted octanol–water partition coefficient (Wildman–Crippen LogP) is 3.28. The summed E-state index contributed by atoms with van der Waals surface area (Å²) in [6, 6.07) is 7.33. The third kappa shape index (κ3) is 2.38. The number of H-pyrrole nitrogens is 1. The maximum atomic E-state index is 12.8. The van der Waals surface area contributed by atoms with Crippen LogP contribution >= 0.6 is 0 Å². The molecule has 1 N–H and O–H groups in total. The zero-order valence-corrected chi connectivity index (χ0v) is 12.5. The summed E-state index contributed by atoms with van der Waals surface area (Å²) >= 11 is 0. The first kappa shape index (κ1) is 14.4. The molecule has 0 unspecified atom stereocenters. The normalized spacial score (nSPS) is 11.9. The number of nitrogens with one attached hydrogen (secondary N) is 1. The van der Waals surface area contributed by atoms with Crippen molar-refractivity contribution in [2.75, 3.05) is 7.11 Å². The lowest BCUT2D eigenvalue weighted by Crippen LogP contribution is -2.29. The van der Waals surface area contributed by atoms with Gasteiger partial charge in [0.2, 0.25) is 0 Å². The van der Waals surface area contributed by atoms with Gasteiger partial charge in [-0.05, 0) is 26.0 Å². The number of hydrogen-bond donors (Lipinski definition) is 1.